The van der Waals surface area contributed by atoms with Crippen molar-refractivity contribution in [2.24, 2.45) is 88.7 Å². The summed E-state index contributed by atoms with van der Waals surface area (Å²) in [5.74, 6) is 1.30. The third-order valence-corrected chi connectivity index (χ3v) is 34.7. The van der Waals surface area contributed by atoms with E-state index in [2.05, 4.69) is 93.5 Å². The first-order valence-corrected chi connectivity index (χ1v) is 40.8. The summed E-state index contributed by atoms with van der Waals surface area (Å²) in [6, 6.07) is 0. The lowest BCUT2D eigenvalue weighted by atomic mass is 9.50. The van der Waals surface area contributed by atoms with E-state index in [4.69, 9.17) is 4.74 Å². The van der Waals surface area contributed by atoms with Gasteiger partial charge in [0.1, 0.15) is 23.1 Å². The summed E-state index contributed by atoms with van der Waals surface area (Å²) < 4.78 is 5.19. The zero-order chi connectivity index (χ0) is 74.3. The Morgan fingerprint density at radius 1 is 0.343 bits per heavy atom. The first-order chi connectivity index (χ1) is 49.6. The van der Waals surface area contributed by atoms with Crippen LogP contribution in [-0.2, 0) is 52.7 Å². The predicted molar refractivity (Wildman–Crippen MR) is 400 cm³/mol. The lowest BCUT2D eigenvalue weighted by Gasteiger charge is -2.52. The van der Waals surface area contributed by atoms with Crippen LogP contribution in [0.1, 0.15) is 275 Å². The van der Waals surface area contributed by atoms with Crippen molar-refractivity contribution in [3.63, 3.8) is 0 Å². The average Bonchev–Trinajstić information content (AvgIpc) is 1.57. The number of ketones is 8. The van der Waals surface area contributed by atoms with Crippen LogP contribution in [0.4, 0.5) is 0 Å². The molecular weight excluding hydrogens is 1310 g/mol. The van der Waals surface area contributed by atoms with Gasteiger partial charge in [-0.25, -0.2) is 0 Å². The Hall–Kier alpha value is -6.82. The first-order valence-electron chi connectivity index (χ1n) is 40.8. The van der Waals surface area contributed by atoms with E-state index in [9.17, 15) is 53.1 Å². The van der Waals surface area contributed by atoms with Crippen molar-refractivity contribution in [1.82, 2.24) is 0 Å². The van der Waals surface area contributed by atoms with Crippen LogP contribution >= 0.6 is 0 Å². The van der Waals surface area contributed by atoms with Gasteiger partial charge in [-0.1, -0.05) is 138 Å². The average molecular weight is 1420 g/mol. The normalized spacial score (nSPS) is 43.8. The van der Waals surface area contributed by atoms with Crippen molar-refractivity contribution in [2.75, 3.05) is 7.11 Å². The number of carbonyl (C=O) groups is 10. The zero-order valence-corrected chi connectivity index (χ0v) is 64.5. The number of esters is 1. The number of hydrogen-bond donors (Lipinski definition) is 1. The minimum atomic E-state index is -0.833. The summed E-state index contributed by atoms with van der Waals surface area (Å²) >= 11 is 0. The Labute approximate surface area is 620 Å². The van der Waals surface area contributed by atoms with Gasteiger partial charge in [-0.3, -0.25) is 47.9 Å². The fraction of sp³-hybridized carbons (Fsp3) is 0.634. The van der Waals surface area contributed by atoms with Crippen LogP contribution in [0.2, 0.25) is 0 Å². The standard InChI is InChI=1S/C24H28O4.C23H26O4.2C23H28O2/c1-22-8-5-18-20-16(21(27)28-3)13-14-12-15(25)4-10-23(14,2)17(20)6-11-24(18,22)19(26)7-9-22;1-21-7-4-17-19-15(20(26)27)12-13-11-14(24)3-9-22(13,2)16(19)5-10-23(17,21)18(25)6-8-21;2*1-14-12-15-13-16(24)4-10-22(15,3)17-6-11-23-18(20(14)17)5-8-21(23,2)9-7-19(23)25/h5,12,16H,4,6-11,13H2,1-3H3;4,11,15H,3,5-10,12H2,1-2H3,(H,26,27);2*5,13-14H,4,6-12H2,1-3H3/t16-,22+,23?,24?;15-,21+,22?,23?;2*14-,21+,22?,23?/m1111/s1. The molecule has 1 N–H and O–H groups in total. The van der Waals surface area contributed by atoms with Crippen LogP contribution < -0.4 is 0 Å². The second-order valence-electron chi connectivity index (χ2n) is 38.9. The number of methoxy groups -OCH3 is 1. The van der Waals surface area contributed by atoms with Gasteiger partial charge in [0.15, 0.2) is 23.1 Å². The summed E-state index contributed by atoms with van der Waals surface area (Å²) in [4.78, 5) is 126. The van der Waals surface area contributed by atoms with Gasteiger partial charge < -0.3 is 9.84 Å². The molecule has 20 rings (SSSR count). The first kappa shape index (κ1) is 71.1. The SMILES string of the molecule is CC12CCC(=O)C=C1C[C@@H](C(=O)O)C1=C2CCC23C(=O)CC[C@]2(C)CC=C13.COC(=O)[C@@H]1CC2=CC(=O)CCC2(C)C2=C1C1=CC[C@@]3(C)CCC(=O)C13CC2.C[C@@H]1CC2=CC(=O)CCC2(C)C2=C1C1=CC[C@@]3(C)CCC(=O)C13CC2.C[C@@H]1CC2=CC(=O)CCC2(C)C2=C1C1=CC[C@@]3(C)CCC(=O)C13CC2. The smallest absolute Gasteiger partial charge is 0.313 e. The highest BCUT2D eigenvalue weighted by molar-refractivity contribution is 6.00. The molecule has 4 fully saturated rings. The molecule has 0 aliphatic heterocycles. The highest BCUT2D eigenvalue weighted by atomic mass is 16.5. The molecule has 0 saturated heterocycles. The molecule has 0 aromatic heterocycles. The third kappa shape index (κ3) is 9.09. The highest BCUT2D eigenvalue weighted by Gasteiger charge is 2.70. The number of hydrogen-bond acceptors (Lipinski definition) is 11. The molecule has 0 aromatic carbocycles. The van der Waals surface area contributed by atoms with E-state index in [0.717, 1.165) is 188 Å². The topological polar surface area (TPSA) is 200 Å². The van der Waals surface area contributed by atoms with Gasteiger partial charge in [0.25, 0.3) is 0 Å². The zero-order valence-electron chi connectivity index (χ0n) is 64.5. The van der Waals surface area contributed by atoms with Crippen molar-refractivity contribution in [2.45, 2.75) is 275 Å². The molecule has 8 unspecified atom stereocenters. The minimum absolute atomic E-state index is 0.0157. The van der Waals surface area contributed by atoms with E-state index < -0.39 is 28.6 Å². The number of aliphatic carboxylic acids is 1. The van der Waals surface area contributed by atoms with Gasteiger partial charge >= 0.3 is 11.9 Å². The molecule has 12 heteroatoms. The molecule has 20 aliphatic carbocycles. The van der Waals surface area contributed by atoms with Gasteiger partial charge in [0, 0.05) is 73.0 Å². The van der Waals surface area contributed by atoms with Crippen LogP contribution in [0, 0.1) is 88.7 Å². The molecule has 0 bridgehead atoms. The summed E-state index contributed by atoms with van der Waals surface area (Å²) in [5.41, 5.74) is 19.1. The molecule has 0 heterocycles. The van der Waals surface area contributed by atoms with Crippen molar-refractivity contribution in [3.8, 4) is 0 Å². The number of rotatable bonds is 2. The summed E-state index contributed by atoms with van der Waals surface area (Å²) in [6.45, 7) is 22.9. The number of allylic oxidation sites excluding steroid dienone is 22. The largest absolute Gasteiger partial charge is 0.481 e. The van der Waals surface area contributed by atoms with Gasteiger partial charge in [-0.2, -0.15) is 0 Å². The number of carboxylic acids is 1. The van der Waals surface area contributed by atoms with Crippen LogP contribution in [0.25, 0.3) is 0 Å². The Bertz CT molecular complexity index is 4450. The number of carboxylic acid groups (broad SMARTS) is 1. The van der Waals surface area contributed by atoms with E-state index in [1.54, 1.807) is 23.3 Å². The van der Waals surface area contributed by atoms with Crippen molar-refractivity contribution in [1.29, 1.82) is 0 Å². The van der Waals surface area contributed by atoms with Gasteiger partial charge in [0.05, 0.1) is 40.6 Å². The fourth-order valence-electron chi connectivity index (χ4n) is 28.4. The van der Waals surface area contributed by atoms with Crippen molar-refractivity contribution < 1.29 is 57.8 Å². The second kappa shape index (κ2) is 23.4. The second-order valence-corrected chi connectivity index (χ2v) is 38.9. The van der Waals surface area contributed by atoms with Gasteiger partial charge in [-0.05, 0) is 256 Å². The Kier molecular flexibility index (Phi) is 15.8. The van der Waals surface area contributed by atoms with Crippen LogP contribution in [-0.4, -0.2) is 70.4 Å². The van der Waals surface area contributed by atoms with E-state index in [1.807, 2.05) is 12.2 Å². The quantitative estimate of drug-likeness (QED) is 0.257. The van der Waals surface area contributed by atoms with E-state index in [-0.39, 0.29) is 71.7 Å². The Balaban J connectivity index is 0.000000103. The third-order valence-electron chi connectivity index (χ3n) is 34.7. The molecule has 20 aliphatic rings. The molecule has 0 radical (unpaired) electrons. The maximum Gasteiger partial charge on any atom is 0.313 e. The molecule has 105 heavy (non-hydrogen) atoms. The molecule has 554 valence electrons. The molecule has 4 saturated carbocycles. The van der Waals surface area contributed by atoms with Crippen LogP contribution in [0.15, 0.2) is 138 Å². The lowest BCUT2D eigenvalue weighted by Crippen LogP contribution is -2.46. The van der Waals surface area contributed by atoms with Crippen LogP contribution in [0.3, 0.4) is 0 Å². The van der Waals surface area contributed by atoms with Gasteiger partial charge in [0.2, 0.25) is 0 Å². The minimum Gasteiger partial charge on any atom is -0.481 e. The fourth-order valence-corrected chi connectivity index (χ4v) is 28.4. The summed E-state index contributed by atoms with van der Waals surface area (Å²) in [6.07, 6.45) is 43.5. The molecule has 12 nitrogen and oxygen atoms in total. The molecule has 16 atom stereocenters. The predicted octanol–water partition coefficient (Wildman–Crippen LogP) is 18.6. The Morgan fingerprint density at radius 3 is 0.886 bits per heavy atom. The van der Waals surface area contributed by atoms with E-state index >= 15 is 0 Å². The number of Topliss-reactive ketones (excluding diaryl/α,β-unsaturated/α-hetero) is 4. The molecule has 0 aromatic rings. The monoisotopic (exact) mass is 1420 g/mol. The van der Waals surface area contributed by atoms with Gasteiger partial charge in [-0.15, -0.1) is 0 Å². The summed E-state index contributed by atoms with van der Waals surface area (Å²) in [5, 5.41) is 10.0. The number of carbonyl (C=O) groups excluding carboxylic acids is 9. The van der Waals surface area contributed by atoms with Crippen molar-refractivity contribution in [3.05, 3.63) is 138 Å². The van der Waals surface area contributed by atoms with E-state index in [1.165, 1.54) is 51.7 Å². The Morgan fingerprint density at radius 2 is 0.600 bits per heavy atom. The highest BCUT2D eigenvalue weighted by Crippen LogP contribution is 2.76. The number of fused-ring (bicyclic) bond motifs is 12. The maximum absolute atomic E-state index is 13.2. The molecular formula is C93H110O12. The summed E-state index contributed by atoms with van der Waals surface area (Å²) in [7, 11) is 1.43. The lowest BCUT2D eigenvalue weighted by molar-refractivity contribution is -0.145. The maximum atomic E-state index is 13.2. The molecule has 4 spiro atoms. The van der Waals surface area contributed by atoms with E-state index in [0.29, 0.717) is 97.9 Å². The van der Waals surface area contributed by atoms with Crippen molar-refractivity contribution >= 4 is 58.2 Å². The molecule has 0 amide bonds. The number of ether oxygens (including phenoxy) is 1. The van der Waals surface area contributed by atoms with Crippen LogP contribution in [0.5, 0.6) is 0 Å².